The van der Waals surface area contributed by atoms with Crippen molar-refractivity contribution in [3.8, 4) is 11.5 Å². The first-order valence-corrected chi connectivity index (χ1v) is 9.46. The zero-order valence-corrected chi connectivity index (χ0v) is 18.0. The van der Waals surface area contributed by atoms with E-state index in [1.165, 1.54) is 0 Å². The summed E-state index contributed by atoms with van der Waals surface area (Å²) in [5, 5.41) is 0. The van der Waals surface area contributed by atoms with Gasteiger partial charge < -0.3 is 25.0 Å². The maximum Gasteiger partial charge on any atom is 0.254 e. The van der Waals surface area contributed by atoms with Crippen molar-refractivity contribution in [2.75, 3.05) is 46.9 Å². The van der Waals surface area contributed by atoms with Crippen molar-refractivity contribution < 1.29 is 19.1 Å². The molecule has 28 heavy (non-hydrogen) atoms. The number of ether oxygens (including phenoxy) is 2. The molecule has 2 rings (SSSR count). The fraction of sp³-hybridized carbons (Fsp3) is 0.600. The lowest BCUT2D eigenvalue weighted by Gasteiger charge is -2.40. The van der Waals surface area contributed by atoms with E-state index in [2.05, 4.69) is 0 Å². The third-order valence-electron chi connectivity index (χ3n) is 5.65. The molecule has 0 atom stereocenters. The predicted octanol–water partition coefficient (Wildman–Crippen LogP) is 2.18. The maximum atomic E-state index is 12.9. The van der Waals surface area contributed by atoms with E-state index in [0.29, 0.717) is 49.8 Å². The van der Waals surface area contributed by atoms with E-state index in [1.54, 1.807) is 37.3 Å². The first-order chi connectivity index (χ1) is 12.9. The van der Waals surface area contributed by atoms with Crippen molar-refractivity contribution >= 4 is 24.2 Å². The molecule has 1 aliphatic heterocycles. The summed E-state index contributed by atoms with van der Waals surface area (Å²) in [6.07, 6.45) is 1.45. The summed E-state index contributed by atoms with van der Waals surface area (Å²) >= 11 is 0. The minimum absolute atomic E-state index is 0. The average molecular weight is 414 g/mol. The monoisotopic (exact) mass is 413 g/mol. The van der Waals surface area contributed by atoms with Crippen LogP contribution in [0.2, 0.25) is 0 Å². The predicted molar refractivity (Wildman–Crippen MR) is 111 cm³/mol. The van der Waals surface area contributed by atoms with Crippen LogP contribution in [0.3, 0.4) is 0 Å². The normalized spacial score (nSPS) is 14.3. The molecule has 0 aliphatic carbocycles. The summed E-state index contributed by atoms with van der Waals surface area (Å²) in [6.45, 7) is 6.40. The Morgan fingerprint density at radius 3 is 1.82 bits per heavy atom. The number of rotatable bonds is 7. The molecule has 7 nitrogen and oxygen atoms in total. The van der Waals surface area contributed by atoms with Crippen LogP contribution >= 0.6 is 12.4 Å². The standard InChI is InChI=1S/C20H31N3O4.ClH/c1-5-20(6-2,14-21)19(25)23-9-7-22(8-10-23)18(24)15-11-16(26-3)13-17(12-15)27-4;/h11-13H,5-10,14,21H2,1-4H3;1H. The maximum absolute atomic E-state index is 12.9. The van der Waals surface area contributed by atoms with Gasteiger partial charge in [0.25, 0.3) is 5.91 Å². The molecule has 0 unspecified atom stereocenters. The molecule has 0 radical (unpaired) electrons. The molecule has 2 N–H and O–H groups in total. The molecule has 1 aromatic carbocycles. The second-order valence-electron chi connectivity index (χ2n) is 6.88. The molecule has 0 saturated carbocycles. The van der Waals surface area contributed by atoms with E-state index in [4.69, 9.17) is 15.2 Å². The number of nitrogens with zero attached hydrogens (tertiary/aromatic N) is 2. The third-order valence-corrected chi connectivity index (χ3v) is 5.65. The second-order valence-corrected chi connectivity index (χ2v) is 6.88. The molecule has 1 fully saturated rings. The number of amides is 2. The van der Waals surface area contributed by atoms with Crippen LogP contribution in [0, 0.1) is 5.41 Å². The van der Waals surface area contributed by atoms with Crippen LogP contribution in [0.5, 0.6) is 11.5 Å². The van der Waals surface area contributed by atoms with Gasteiger partial charge in [0.2, 0.25) is 5.91 Å². The van der Waals surface area contributed by atoms with E-state index >= 15 is 0 Å². The highest BCUT2D eigenvalue weighted by atomic mass is 35.5. The minimum Gasteiger partial charge on any atom is -0.497 e. The highest BCUT2D eigenvalue weighted by Crippen LogP contribution is 2.29. The Labute approximate surface area is 173 Å². The summed E-state index contributed by atoms with van der Waals surface area (Å²) in [4.78, 5) is 29.4. The summed E-state index contributed by atoms with van der Waals surface area (Å²) in [5.41, 5.74) is 5.93. The highest BCUT2D eigenvalue weighted by molar-refractivity contribution is 5.95. The van der Waals surface area contributed by atoms with Crippen LogP contribution in [0.4, 0.5) is 0 Å². The Kier molecular flexibility index (Phi) is 9.04. The average Bonchev–Trinajstić information content (AvgIpc) is 2.74. The number of methoxy groups -OCH3 is 2. The molecule has 0 bridgehead atoms. The lowest BCUT2D eigenvalue weighted by Crippen LogP contribution is -2.55. The first kappa shape index (κ1) is 24.0. The summed E-state index contributed by atoms with van der Waals surface area (Å²) in [6, 6.07) is 5.14. The van der Waals surface area contributed by atoms with E-state index in [-0.39, 0.29) is 24.2 Å². The highest BCUT2D eigenvalue weighted by Gasteiger charge is 2.38. The van der Waals surface area contributed by atoms with Gasteiger partial charge in [-0.15, -0.1) is 12.4 Å². The first-order valence-electron chi connectivity index (χ1n) is 9.46. The van der Waals surface area contributed by atoms with Gasteiger partial charge in [0.15, 0.2) is 0 Å². The van der Waals surface area contributed by atoms with Crippen LogP contribution in [0.15, 0.2) is 18.2 Å². The summed E-state index contributed by atoms with van der Waals surface area (Å²) in [5.74, 6) is 1.16. The van der Waals surface area contributed by atoms with Crippen molar-refractivity contribution in [3.05, 3.63) is 23.8 Å². The lowest BCUT2D eigenvalue weighted by molar-refractivity contribution is -0.143. The van der Waals surface area contributed by atoms with E-state index in [0.717, 1.165) is 12.8 Å². The number of hydrogen-bond acceptors (Lipinski definition) is 5. The zero-order valence-electron chi connectivity index (χ0n) is 17.2. The van der Waals surface area contributed by atoms with E-state index < -0.39 is 5.41 Å². The summed E-state index contributed by atoms with van der Waals surface area (Å²) < 4.78 is 10.5. The van der Waals surface area contributed by atoms with Gasteiger partial charge in [-0.25, -0.2) is 0 Å². The molecule has 8 heteroatoms. The molecule has 158 valence electrons. The van der Waals surface area contributed by atoms with Gasteiger partial charge in [0.1, 0.15) is 11.5 Å². The number of carbonyl (C=O) groups is 2. The fourth-order valence-corrected chi connectivity index (χ4v) is 3.49. The third kappa shape index (κ3) is 4.89. The topological polar surface area (TPSA) is 85.1 Å². The van der Waals surface area contributed by atoms with Gasteiger partial charge in [-0.05, 0) is 25.0 Å². The number of carbonyl (C=O) groups excluding carboxylic acids is 2. The van der Waals surface area contributed by atoms with E-state index in [9.17, 15) is 9.59 Å². The van der Waals surface area contributed by atoms with Crippen molar-refractivity contribution in [2.45, 2.75) is 26.7 Å². The molecule has 0 spiro atoms. The van der Waals surface area contributed by atoms with Crippen molar-refractivity contribution in [1.29, 1.82) is 0 Å². The molecular weight excluding hydrogens is 382 g/mol. The quantitative estimate of drug-likeness (QED) is 0.740. The minimum atomic E-state index is -0.494. The number of benzene rings is 1. The SMILES string of the molecule is CCC(CC)(CN)C(=O)N1CCN(C(=O)c2cc(OC)cc(OC)c2)CC1.Cl. The number of piperazine rings is 1. The van der Waals surface area contributed by atoms with Crippen LogP contribution < -0.4 is 15.2 Å². The summed E-state index contributed by atoms with van der Waals surface area (Å²) in [7, 11) is 3.11. The van der Waals surface area contributed by atoms with Crippen LogP contribution in [-0.4, -0.2) is 68.6 Å². The smallest absolute Gasteiger partial charge is 0.254 e. The van der Waals surface area contributed by atoms with Crippen molar-refractivity contribution in [1.82, 2.24) is 9.80 Å². The number of nitrogens with two attached hydrogens (primary N) is 1. The Morgan fingerprint density at radius 2 is 1.43 bits per heavy atom. The van der Waals surface area contributed by atoms with Crippen LogP contribution in [0.1, 0.15) is 37.0 Å². The molecular formula is C20H32ClN3O4. The van der Waals surface area contributed by atoms with Gasteiger partial charge in [0, 0.05) is 44.4 Å². The Bertz CT molecular complexity index is 641. The molecule has 1 aliphatic rings. The molecule has 1 aromatic rings. The van der Waals surface area contributed by atoms with E-state index in [1.807, 2.05) is 18.7 Å². The number of halogens is 1. The molecule has 1 heterocycles. The van der Waals surface area contributed by atoms with Crippen molar-refractivity contribution in [3.63, 3.8) is 0 Å². The molecule has 2 amide bonds. The number of hydrogen-bond donors (Lipinski definition) is 1. The largest absolute Gasteiger partial charge is 0.497 e. The fourth-order valence-electron chi connectivity index (χ4n) is 3.49. The molecule has 0 aromatic heterocycles. The second kappa shape index (κ2) is 10.5. The van der Waals surface area contributed by atoms with Gasteiger partial charge in [-0.3, -0.25) is 9.59 Å². The van der Waals surface area contributed by atoms with Gasteiger partial charge in [0.05, 0.1) is 19.6 Å². The van der Waals surface area contributed by atoms with Gasteiger partial charge in [-0.2, -0.15) is 0 Å². The molecule has 1 saturated heterocycles. The van der Waals surface area contributed by atoms with Gasteiger partial charge in [-0.1, -0.05) is 13.8 Å². The lowest BCUT2D eigenvalue weighted by atomic mass is 9.81. The van der Waals surface area contributed by atoms with Crippen LogP contribution in [-0.2, 0) is 4.79 Å². The zero-order chi connectivity index (χ0) is 20.0. The Hall–Kier alpha value is -1.99. The van der Waals surface area contributed by atoms with Gasteiger partial charge >= 0.3 is 0 Å². The van der Waals surface area contributed by atoms with Crippen LogP contribution in [0.25, 0.3) is 0 Å². The van der Waals surface area contributed by atoms with Crippen molar-refractivity contribution in [2.24, 2.45) is 11.1 Å². The Balaban J connectivity index is 0.00000392. The Morgan fingerprint density at radius 1 is 0.964 bits per heavy atom.